The summed E-state index contributed by atoms with van der Waals surface area (Å²) < 4.78 is 0. The van der Waals surface area contributed by atoms with E-state index in [4.69, 9.17) is 0 Å². The second kappa shape index (κ2) is 7.12. The fourth-order valence-electron chi connectivity index (χ4n) is 2.48. The number of anilines is 2. The Morgan fingerprint density at radius 3 is 2.40 bits per heavy atom. The zero-order valence-corrected chi connectivity index (χ0v) is 12.0. The van der Waals surface area contributed by atoms with Gasteiger partial charge >= 0.3 is 5.69 Å². The average molecular weight is 277 g/mol. The summed E-state index contributed by atoms with van der Waals surface area (Å²) in [4.78, 5) is 11.0. The van der Waals surface area contributed by atoms with Crippen LogP contribution in [0, 0.1) is 16.0 Å². The molecule has 1 saturated carbocycles. The molecule has 0 aliphatic heterocycles. The Bertz CT molecular complexity index is 458. The van der Waals surface area contributed by atoms with Crippen LogP contribution in [0.4, 0.5) is 17.1 Å². The molecule has 1 aliphatic carbocycles. The molecule has 1 aromatic carbocycles. The molecule has 1 fully saturated rings. The highest BCUT2D eigenvalue weighted by molar-refractivity contribution is 5.76. The molecule has 5 heteroatoms. The van der Waals surface area contributed by atoms with Gasteiger partial charge in [-0.05, 0) is 30.9 Å². The third-order valence-electron chi connectivity index (χ3n) is 3.88. The molecule has 0 unspecified atom stereocenters. The van der Waals surface area contributed by atoms with Crippen molar-refractivity contribution in [2.75, 3.05) is 23.7 Å². The second-order valence-electron chi connectivity index (χ2n) is 5.40. The summed E-state index contributed by atoms with van der Waals surface area (Å²) in [6, 6.07) is 5.41. The number of hydrogen-bond donors (Lipinski definition) is 2. The maximum absolute atomic E-state index is 11.3. The van der Waals surface area contributed by atoms with E-state index in [1.165, 1.54) is 19.3 Å². The summed E-state index contributed by atoms with van der Waals surface area (Å²) in [5.41, 5.74) is 1.38. The standard InChI is InChI=1S/C15H23N3O2/c1-2-10-16-13-7-4-8-14(15(13)18(19)20)17-11-9-12-5-3-6-12/h4,7-8,12,16-17H,2-3,5-6,9-11H2,1H3. The lowest BCUT2D eigenvalue weighted by Crippen LogP contribution is -2.16. The molecule has 20 heavy (non-hydrogen) atoms. The summed E-state index contributed by atoms with van der Waals surface area (Å²) in [5, 5.41) is 17.6. The van der Waals surface area contributed by atoms with Gasteiger partial charge in [-0.25, -0.2) is 0 Å². The highest BCUT2D eigenvalue weighted by atomic mass is 16.6. The van der Waals surface area contributed by atoms with E-state index < -0.39 is 0 Å². The van der Waals surface area contributed by atoms with Crippen LogP contribution in [-0.4, -0.2) is 18.0 Å². The maximum atomic E-state index is 11.3. The Labute approximate surface area is 119 Å². The first kappa shape index (κ1) is 14.6. The molecule has 2 rings (SSSR count). The number of hydrogen-bond acceptors (Lipinski definition) is 4. The predicted molar refractivity (Wildman–Crippen MR) is 82.3 cm³/mol. The molecule has 0 heterocycles. The topological polar surface area (TPSA) is 67.2 Å². The lowest BCUT2D eigenvalue weighted by Gasteiger charge is -2.25. The molecular formula is C15H23N3O2. The zero-order chi connectivity index (χ0) is 14.4. The van der Waals surface area contributed by atoms with Crippen molar-refractivity contribution in [2.45, 2.75) is 39.0 Å². The van der Waals surface area contributed by atoms with Gasteiger partial charge in [0.05, 0.1) is 4.92 Å². The minimum absolute atomic E-state index is 0.162. The largest absolute Gasteiger partial charge is 0.379 e. The Kier molecular flexibility index (Phi) is 5.21. The van der Waals surface area contributed by atoms with Crippen molar-refractivity contribution in [3.05, 3.63) is 28.3 Å². The van der Waals surface area contributed by atoms with Gasteiger partial charge in [-0.3, -0.25) is 10.1 Å². The monoisotopic (exact) mass is 277 g/mol. The normalized spacial score (nSPS) is 14.7. The van der Waals surface area contributed by atoms with Crippen LogP contribution in [-0.2, 0) is 0 Å². The Morgan fingerprint density at radius 1 is 1.25 bits per heavy atom. The van der Waals surface area contributed by atoms with Crippen molar-refractivity contribution in [2.24, 2.45) is 5.92 Å². The highest BCUT2D eigenvalue weighted by Crippen LogP contribution is 2.34. The van der Waals surface area contributed by atoms with Crippen molar-refractivity contribution < 1.29 is 4.92 Å². The molecule has 5 nitrogen and oxygen atoms in total. The zero-order valence-electron chi connectivity index (χ0n) is 12.0. The molecule has 0 aromatic heterocycles. The molecule has 0 saturated heterocycles. The van der Waals surface area contributed by atoms with Crippen LogP contribution >= 0.6 is 0 Å². The van der Waals surface area contributed by atoms with Crippen LogP contribution in [0.5, 0.6) is 0 Å². The number of nitro groups is 1. The molecule has 1 aliphatic rings. The highest BCUT2D eigenvalue weighted by Gasteiger charge is 2.20. The first-order chi connectivity index (χ1) is 9.72. The lowest BCUT2D eigenvalue weighted by molar-refractivity contribution is -0.383. The van der Waals surface area contributed by atoms with Crippen LogP contribution in [0.1, 0.15) is 39.0 Å². The van der Waals surface area contributed by atoms with E-state index in [-0.39, 0.29) is 10.6 Å². The first-order valence-corrected chi connectivity index (χ1v) is 7.47. The van der Waals surface area contributed by atoms with Crippen molar-refractivity contribution in [3.63, 3.8) is 0 Å². The van der Waals surface area contributed by atoms with Crippen LogP contribution < -0.4 is 10.6 Å². The first-order valence-electron chi connectivity index (χ1n) is 7.47. The van der Waals surface area contributed by atoms with Crippen molar-refractivity contribution in [1.29, 1.82) is 0 Å². The molecule has 1 aromatic rings. The molecule has 110 valence electrons. The van der Waals surface area contributed by atoms with Crippen LogP contribution in [0.15, 0.2) is 18.2 Å². The van der Waals surface area contributed by atoms with Crippen molar-refractivity contribution in [1.82, 2.24) is 0 Å². The lowest BCUT2D eigenvalue weighted by atomic mass is 9.83. The number of nitrogens with zero attached hydrogens (tertiary/aromatic N) is 1. The fourth-order valence-corrected chi connectivity index (χ4v) is 2.48. The van der Waals surface area contributed by atoms with Gasteiger partial charge in [-0.15, -0.1) is 0 Å². The molecule has 0 bridgehead atoms. The van der Waals surface area contributed by atoms with Crippen LogP contribution in [0.2, 0.25) is 0 Å². The van der Waals surface area contributed by atoms with E-state index in [0.717, 1.165) is 31.8 Å². The van der Waals surface area contributed by atoms with E-state index in [0.29, 0.717) is 11.4 Å². The smallest absolute Gasteiger partial charge is 0.315 e. The van der Waals surface area contributed by atoms with Crippen LogP contribution in [0.3, 0.4) is 0 Å². The van der Waals surface area contributed by atoms with E-state index >= 15 is 0 Å². The third-order valence-corrected chi connectivity index (χ3v) is 3.88. The van der Waals surface area contributed by atoms with Gasteiger partial charge in [0.2, 0.25) is 0 Å². The number of nitrogens with one attached hydrogen (secondary N) is 2. The molecular weight excluding hydrogens is 254 g/mol. The predicted octanol–water partition coefficient (Wildman–Crippen LogP) is 4.02. The Hall–Kier alpha value is -1.78. The van der Waals surface area contributed by atoms with E-state index in [1.807, 2.05) is 13.0 Å². The van der Waals surface area contributed by atoms with Gasteiger partial charge in [-0.1, -0.05) is 32.3 Å². The van der Waals surface area contributed by atoms with Gasteiger partial charge in [0.1, 0.15) is 11.4 Å². The van der Waals surface area contributed by atoms with E-state index in [1.54, 1.807) is 12.1 Å². The Balaban J connectivity index is 2.03. The van der Waals surface area contributed by atoms with Gasteiger partial charge in [-0.2, -0.15) is 0 Å². The third kappa shape index (κ3) is 3.62. The molecule has 0 amide bonds. The summed E-state index contributed by atoms with van der Waals surface area (Å²) in [6.45, 7) is 3.59. The van der Waals surface area contributed by atoms with Crippen molar-refractivity contribution in [3.8, 4) is 0 Å². The SMILES string of the molecule is CCCNc1cccc(NCCC2CCC2)c1[N+](=O)[O-]. The fraction of sp³-hybridized carbons (Fsp3) is 0.600. The van der Waals surface area contributed by atoms with Gasteiger partial charge in [0.15, 0.2) is 0 Å². The molecule has 0 atom stereocenters. The number of para-hydroxylation sites is 1. The van der Waals surface area contributed by atoms with E-state index in [2.05, 4.69) is 10.6 Å². The number of benzene rings is 1. The van der Waals surface area contributed by atoms with Gasteiger partial charge < -0.3 is 10.6 Å². The number of nitro benzene ring substituents is 1. The Morgan fingerprint density at radius 2 is 1.90 bits per heavy atom. The maximum Gasteiger partial charge on any atom is 0.315 e. The van der Waals surface area contributed by atoms with Crippen molar-refractivity contribution >= 4 is 17.1 Å². The summed E-state index contributed by atoms with van der Waals surface area (Å²) in [7, 11) is 0. The molecule has 0 radical (unpaired) electrons. The minimum Gasteiger partial charge on any atom is -0.379 e. The quantitative estimate of drug-likeness (QED) is 0.556. The average Bonchev–Trinajstić information content (AvgIpc) is 2.38. The molecule has 0 spiro atoms. The molecule has 2 N–H and O–H groups in total. The van der Waals surface area contributed by atoms with Crippen LogP contribution in [0.25, 0.3) is 0 Å². The van der Waals surface area contributed by atoms with Gasteiger partial charge in [0, 0.05) is 13.1 Å². The van der Waals surface area contributed by atoms with Gasteiger partial charge in [0.25, 0.3) is 0 Å². The summed E-state index contributed by atoms with van der Waals surface area (Å²) in [6.07, 6.45) is 5.99. The van der Waals surface area contributed by atoms with E-state index in [9.17, 15) is 10.1 Å². The summed E-state index contributed by atoms with van der Waals surface area (Å²) in [5.74, 6) is 0.808. The second-order valence-corrected chi connectivity index (χ2v) is 5.40. The number of rotatable bonds is 8. The summed E-state index contributed by atoms with van der Waals surface area (Å²) >= 11 is 0. The minimum atomic E-state index is -0.302.